The first-order valence-electron chi connectivity index (χ1n) is 6.77. The van der Waals surface area contributed by atoms with Gasteiger partial charge in [-0.05, 0) is 24.8 Å². The minimum absolute atomic E-state index is 0.614. The molecule has 3 heteroatoms. The predicted molar refractivity (Wildman–Crippen MR) is 77.4 cm³/mol. The van der Waals surface area contributed by atoms with Crippen LogP contribution in [0, 0.1) is 5.92 Å². The molecule has 1 aromatic carbocycles. The summed E-state index contributed by atoms with van der Waals surface area (Å²) in [4.78, 5) is 7.14. The van der Waals surface area contributed by atoms with Gasteiger partial charge in [-0.2, -0.15) is 0 Å². The number of nitrogens with one attached hydrogen (secondary N) is 2. The summed E-state index contributed by atoms with van der Waals surface area (Å²) >= 11 is 0. The van der Waals surface area contributed by atoms with Gasteiger partial charge in [0.1, 0.15) is 0 Å². The Morgan fingerprint density at radius 3 is 3.00 bits per heavy atom. The average Bonchev–Trinajstić information content (AvgIpc) is 3.03. The molecule has 0 radical (unpaired) electrons. The third kappa shape index (κ3) is 3.12. The maximum Gasteiger partial charge on any atom is 0.0922 e. The monoisotopic (exact) mass is 253 g/mol. The van der Waals surface area contributed by atoms with Crippen LogP contribution in [0.3, 0.4) is 0 Å². The topological polar surface area (TPSA) is 40.7 Å². The molecular formula is C16H19N3. The van der Waals surface area contributed by atoms with Crippen molar-refractivity contribution >= 4 is 6.08 Å². The largest absolute Gasteiger partial charge is 0.347 e. The van der Waals surface area contributed by atoms with Crippen LogP contribution in [0.1, 0.15) is 24.6 Å². The first-order chi connectivity index (χ1) is 9.33. The van der Waals surface area contributed by atoms with E-state index in [0.29, 0.717) is 12.0 Å². The highest BCUT2D eigenvalue weighted by atomic mass is 15.0. The van der Waals surface area contributed by atoms with Crippen molar-refractivity contribution in [2.24, 2.45) is 5.92 Å². The fourth-order valence-corrected chi connectivity index (χ4v) is 2.47. The van der Waals surface area contributed by atoms with Crippen LogP contribution in [-0.2, 0) is 6.54 Å². The Morgan fingerprint density at radius 2 is 2.26 bits per heavy atom. The van der Waals surface area contributed by atoms with E-state index in [4.69, 9.17) is 0 Å². The molecule has 98 valence electrons. The van der Waals surface area contributed by atoms with Gasteiger partial charge < -0.3 is 10.3 Å². The zero-order valence-electron chi connectivity index (χ0n) is 11.1. The van der Waals surface area contributed by atoms with Gasteiger partial charge in [-0.3, -0.25) is 0 Å². The van der Waals surface area contributed by atoms with Crippen LogP contribution < -0.4 is 5.32 Å². The van der Waals surface area contributed by atoms with Crippen molar-refractivity contribution in [3.05, 3.63) is 59.7 Å². The molecule has 1 heterocycles. The van der Waals surface area contributed by atoms with Gasteiger partial charge >= 0.3 is 0 Å². The molecule has 1 fully saturated rings. The van der Waals surface area contributed by atoms with E-state index in [9.17, 15) is 0 Å². The zero-order chi connectivity index (χ0) is 13.1. The van der Waals surface area contributed by atoms with E-state index in [1.54, 1.807) is 6.33 Å². The smallest absolute Gasteiger partial charge is 0.0922 e. The Bertz CT molecular complexity index is 543. The molecule has 2 atom stereocenters. The van der Waals surface area contributed by atoms with Crippen molar-refractivity contribution in [1.29, 1.82) is 0 Å². The first-order valence-corrected chi connectivity index (χ1v) is 6.77. The standard InChI is InChI=1S/C16H19N3/c1-12(7-13-5-3-2-4-6-13)15-8-16(15)18-10-14-9-17-11-19-14/h2-7,9,11,15-16,18H,8,10H2,1H3,(H,17,19)/b12-7+. The SMILES string of the molecule is C/C(=C\c1ccccc1)C1CC1NCc1cnc[nH]1. The summed E-state index contributed by atoms with van der Waals surface area (Å²) in [7, 11) is 0. The third-order valence-electron chi connectivity index (χ3n) is 3.68. The lowest BCUT2D eigenvalue weighted by atomic mass is 10.1. The highest BCUT2D eigenvalue weighted by Gasteiger charge is 2.37. The third-order valence-corrected chi connectivity index (χ3v) is 3.68. The Balaban J connectivity index is 1.53. The lowest BCUT2D eigenvalue weighted by Gasteiger charge is -2.03. The Morgan fingerprint density at radius 1 is 1.42 bits per heavy atom. The summed E-state index contributed by atoms with van der Waals surface area (Å²) in [6, 6.07) is 11.1. The molecule has 3 nitrogen and oxygen atoms in total. The molecule has 1 aromatic heterocycles. The lowest BCUT2D eigenvalue weighted by molar-refractivity contribution is 0.651. The molecule has 1 aliphatic rings. The van der Waals surface area contributed by atoms with Crippen LogP contribution in [0.25, 0.3) is 6.08 Å². The zero-order valence-corrected chi connectivity index (χ0v) is 11.1. The lowest BCUT2D eigenvalue weighted by Crippen LogP contribution is -2.18. The molecule has 3 rings (SSSR count). The molecule has 0 saturated heterocycles. The second-order valence-corrected chi connectivity index (χ2v) is 5.21. The molecule has 19 heavy (non-hydrogen) atoms. The van der Waals surface area contributed by atoms with Gasteiger partial charge in [-0.1, -0.05) is 42.0 Å². The molecule has 0 spiro atoms. The number of aromatic nitrogens is 2. The number of rotatable bonds is 5. The molecule has 1 saturated carbocycles. The van der Waals surface area contributed by atoms with Crippen LogP contribution >= 0.6 is 0 Å². The predicted octanol–water partition coefficient (Wildman–Crippen LogP) is 2.99. The number of imidazole rings is 1. The second kappa shape index (κ2) is 5.41. The van der Waals surface area contributed by atoms with Crippen LogP contribution in [-0.4, -0.2) is 16.0 Å². The summed E-state index contributed by atoms with van der Waals surface area (Å²) in [5, 5.41) is 3.56. The quantitative estimate of drug-likeness (QED) is 0.860. The Kier molecular flexibility index (Phi) is 3.47. The van der Waals surface area contributed by atoms with Gasteiger partial charge in [-0.15, -0.1) is 0 Å². The van der Waals surface area contributed by atoms with Crippen LogP contribution in [0.5, 0.6) is 0 Å². The maximum absolute atomic E-state index is 4.02. The molecule has 1 aliphatic carbocycles. The van der Waals surface area contributed by atoms with Crippen molar-refractivity contribution in [3.63, 3.8) is 0 Å². The van der Waals surface area contributed by atoms with E-state index in [1.165, 1.54) is 17.6 Å². The van der Waals surface area contributed by atoms with Crippen LogP contribution in [0.4, 0.5) is 0 Å². The van der Waals surface area contributed by atoms with Gasteiger partial charge in [0.25, 0.3) is 0 Å². The summed E-state index contributed by atoms with van der Waals surface area (Å²) in [5.41, 5.74) is 3.91. The molecule has 2 aromatic rings. The Hall–Kier alpha value is -1.87. The van der Waals surface area contributed by atoms with Gasteiger partial charge in [0.15, 0.2) is 0 Å². The van der Waals surface area contributed by atoms with Crippen molar-refractivity contribution in [3.8, 4) is 0 Å². The highest BCUT2D eigenvalue weighted by molar-refractivity contribution is 5.53. The minimum Gasteiger partial charge on any atom is -0.347 e. The fourth-order valence-electron chi connectivity index (χ4n) is 2.47. The van der Waals surface area contributed by atoms with E-state index in [2.05, 4.69) is 58.6 Å². The summed E-state index contributed by atoms with van der Waals surface area (Å²) in [5.74, 6) is 0.683. The second-order valence-electron chi connectivity index (χ2n) is 5.21. The Labute approximate surface area is 113 Å². The van der Waals surface area contributed by atoms with E-state index >= 15 is 0 Å². The normalized spacial score (nSPS) is 22.5. The number of nitrogens with zero attached hydrogens (tertiary/aromatic N) is 1. The molecular weight excluding hydrogens is 234 g/mol. The molecule has 2 N–H and O–H groups in total. The van der Waals surface area contributed by atoms with Crippen molar-refractivity contribution in [2.75, 3.05) is 0 Å². The minimum atomic E-state index is 0.614. The average molecular weight is 253 g/mol. The van der Waals surface area contributed by atoms with Crippen LogP contribution in [0.15, 0.2) is 48.4 Å². The first kappa shape index (κ1) is 12.2. The van der Waals surface area contributed by atoms with E-state index in [-0.39, 0.29) is 0 Å². The highest BCUT2D eigenvalue weighted by Crippen LogP contribution is 2.38. The fraction of sp³-hybridized carbons (Fsp3) is 0.312. The van der Waals surface area contributed by atoms with Gasteiger partial charge in [-0.25, -0.2) is 4.98 Å². The van der Waals surface area contributed by atoms with Crippen molar-refractivity contribution in [2.45, 2.75) is 25.9 Å². The van der Waals surface area contributed by atoms with Crippen LogP contribution in [0.2, 0.25) is 0 Å². The van der Waals surface area contributed by atoms with Gasteiger partial charge in [0, 0.05) is 24.5 Å². The molecule has 2 unspecified atom stereocenters. The van der Waals surface area contributed by atoms with Gasteiger partial charge in [0.05, 0.1) is 6.33 Å². The summed E-state index contributed by atoms with van der Waals surface area (Å²) in [6.45, 7) is 3.11. The van der Waals surface area contributed by atoms with E-state index in [0.717, 1.165) is 12.2 Å². The number of hydrogen-bond donors (Lipinski definition) is 2. The molecule has 0 bridgehead atoms. The maximum atomic E-state index is 4.02. The van der Waals surface area contributed by atoms with Crippen molar-refractivity contribution in [1.82, 2.24) is 15.3 Å². The molecule has 0 aliphatic heterocycles. The number of H-pyrrole nitrogens is 1. The van der Waals surface area contributed by atoms with Crippen molar-refractivity contribution < 1.29 is 0 Å². The summed E-state index contributed by atoms with van der Waals surface area (Å²) in [6.07, 6.45) is 7.13. The number of benzene rings is 1. The van der Waals surface area contributed by atoms with E-state index in [1.807, 2.05) is 6.20 Å². The molecule has 0 amide bonds. The number of hydrogen-bond acceptors (Lipinski definition) is 2. The summed E-state index contributed by atoms with van der Waals surface area (Å²) < 4.78 is 0. The number of aromatic amines is 1. The van der Waals surface area contributed by atoms with E-state index < -0.39 is 0 Å². The van der Waals surface area contributed by atoms with Gasteiger partial charge in [0.2, 0.25) is 0 Å².